The van der Waals surface area contributed by atoms with Crippen LogP contribution in [0.3, 0.4) is 0 Å². The van der Waals surface area contributed by atoms with E-state index in [0.29, 0.717) is 0 Å². The molecule has 8 aromatic carbocycles. The molecule has 4 nitrogen and oxygen atoms in total. The molecule has 0 atom stereocenters. The van der Waals surface area contributed by atoms with Crippen molar-refractivity contribution in [2.45, 2.75) is 52.4 Å². The van der Waals surface area contributed by atoms with E-state index < -0.39 is 0 Å². The van der Waals surface area contributed by atoms with Crippen LogP contribution in [0.1, 0.15) is 52.7 Å². The van der Waals surface area contributed by atoms with Crippen molar-refractivity contribution >= 4 is 111 Å². The predicted octanol–water partition coefficient (Wildman–Crippen LogP) is 15.8. The first kappa shape index (κ1) is 38.6. The average molecular weight is 846 g/mol. The van der Waals surface area contributed by atoms with E-state index in [-0.39, 0.29) is 10.8 Å². The maximum absolute atomic E-state index is 7.07. The molecule has 1 aliphatic heterocycles. The number of hydrogen-bond acceptors (Lipinski definition) is 5. The summed E-state index contributed by atoms with van der Waals surface area (Å²) in [6.45, 7) is 13.6. The van der Waals surface area contributed by atoms with Gasteiger partial charge in [0, 0.05) is 70.1 Å². The fourth-order valence-electron chi connectivity index (χ4n) is 9.68. The van der Waals surface area contributed by atoms with Crippen molar-refractivity contribution < 1.29 is 8.83 Å². The molecule has 1 aliphatic rings. The van der Waals surface area contributed by atoms with Crippen LogP contribution in [0.4, 0.5) is 28.4 Å². The molecule has 0 amide bonds. The number of nitrogens with one attached hydrogen (secondary N) is 1. The highest BCUT2D eigenvalue weighted by atomic mass is 32.1. The quantitative estimate of drug-likeness (QED) is 0.175. The van der Waals surface area contributed by atoms with Crippen molar-refractivity contribution in [1.82, 2.24) is 0 Å². The minimum absolute atomic E-state index is 0.0405. The van der Waals surface area contributed by atoms with Gasteiger partial charge < -0.3 is 19.1 Å². The SMILES string of the molecule is CC(C)(C)c1ccc(Nc2cc3c(cc2-c2c4c(cc5c2oc2ccccc25)N(c2ccc(C(C)(C)C)cc2-c2ccccc2)c2c(oc5ccccc25)[B]4)sc2ccccc23)cc1. The molecule has 4 heterocycles. The molecule has 0 spiro atoms. The zero-order valence-electron chi connectivity index (χ0n) is 36.8. The molecule has 64 heavy (non-hydrogen) atoms. The summed E-state index contributed by atoms with van der Waals surface area (Å²) >= 11 is 1.83. The van der Waals surface area contributed by atoms with Crippen LogP contribution in [0.2, 0.25) is 0 Å². The van der Waals surface area contributed by atoms with E-state index in [9.17, 15) is 0 Å². The van der Waals surface area contributed by atoms with Crippen LogP contribution in [0.15, 0.2) is 173 Å². The number of furan rings is 2. The third-order valence-electron chi connectivity index (χ3n) is 13.0. The van der Waals surface area contributed by atoms with Gasteiger partial charge in [-0.15, -0.1) is 11.3 Å². The summed E-state index contributed by atoms with van der Waals surface area (Å²) in [5, 5.41) is 9.62. The Kier molecular flexibility index (Phi) is 8.60. The number of fused-ring (bicyclic) bond motifs is 10. The average Bonchev–Trinajstić information content (AvgIpc) is 3.98. The van der Waals surface area contributed by atoms with Gasteiger partial charge in [0.2, 0.25) is 7.28 Å². The largest absolute Gasteiger partial charge is 0.469 e. The number of hydrogen-bond donors (Lipinski definition) is 1. The highest BCUT2D eigenvalue weighted by Crippen LogP contribution is 2.50. The van der Waals surface area contributed by atoms with Crippen LogP contribution in [-0.4, -0.2) is 7.28 Å². The van der Waals surface area contributed by atoms with Crippen LogP contribution >= 0.6 is 11.3 Å². The van der Waals surface area contributed by atoms with Gasteiger partial charge in [-0.1, -0.05) is 139 Å². The van der Waals surface area contributed by atoms with Crippen LogP contribution in [-0.2, 0) is 10.8 Å². The van der Waals surface area contributed by atoms with Gasteiger partial charge in [0.25, 0.3) is 0 Å². The molecular weight excluding hydrogens is 800 g/mol. The Morgan fingerprint density at radius 1 is 0.516 bits per heavy atom. The van der Waals surface area contributed by atoms with Crippen LogP contribution in [0, 0.1) is 0 Å². The topological polar surface area (TPSA) is 41.6 Å². The summed E-state index contributed by atoms with van der Waals surface area (Å²) < 4.78 is 16.5. The molecule has 1 N–H and O–H groups in total. The molecule has 11 aromatic rings. The van der Waals surface area contributed by atoms with Gasteiger partial charge >= 0.3 is 0 Å². The minimum Gasteiger partial charge on any atom is -0.469 e. The first-order chi connectivity index (χ1) is 31.0. The summed E-state index contributed by atoms with van der Waals surface area (Å²) in [5.74, 6) is 0. The second kappa shape index (κ2) is 14.3. The molecule has 12 rings (SSSR count). The normalized spacial score (nSPS) is 12.9. The van der Waals surface area contributed by atoms with Crippen molar-refractivity contribution in [3.8, 4) is 22.3 Å². The van der Waals surface area contributed by atoms with Gasteiger partial charge in [-0.3, -0.25) is 0 Å². The summed E-state index contributed by atoms with van der Waals surface area (Å²) in [5.41, 5.74) is 16.5. The highest BCUT2D eigenvalue weighted by Gasteiger charge is 2.36. The lowest BCUT2D eigenvalue weighted by Gasteiger charge is -2.35. The van der Waals surface area contributed by atoms with Crippen LogP contribution in [0.5, 0.6) is 0 Å². The first-order valence-electron chi connectivity index (χ1n) is 22.2. The number of thiophene rings is 1. The number of para-hydroxylation sites is 2. The Bertz CT molecular complexity index is 3640. The van der Waals surface area contributed by atoms with Crippen molar-refractivity contribution in [2.75, 3.05) is 10.2 Å². The van der Waals surface area contributed by atoms with Crippen molar-refractivity contribution in [3.63, 3.8) is 0 Å². The molecule has 0 saturated carbocycles. The van der Waals surface area contributed by atoms with Crippen LogP contribution < -0.4 is 21.3 Å². The van der Waals surface area contributed by atoms with E-state index in [2.05, 4.69) is 223 Å². The Hall–Kier alpha value is -7.02. The second-order valence-electron chi connectivity index (χ2n) is 19.2. The molecule has 0 saturated heterocycles. The number of nitrogens with zero attached hydrogens (tertiary/aromatic N) is 1. The molecular formula is C58H46BN2O2S. The third-order valence-corrected chi connectivity index (χ3v) is 14.2. The second-order valence-corrected chi connectivity index (χ2v) is 20.3. The molecule has 3 aromatic heterocycles. The Labute approximate surface area is 378 Å². The maximum Gasteiger partial charge on any atom is 0.247 e. The molecule has 0 aliphatic carbocycles. The predicted molar refractivity (Wildman–Crippen MR) is 274 cm³/mol. The lowest BCUT2D eigenvalue weighted by molar-refractivity contribution is 0.590. The van der Waals surface area contributed by atoms with E-state index in [1.807, 2.05) is 11.3 Å². The van der Waals surface area contributed by atoms with Crippen LogP contribution in [0.25, 0.3) is 75.3 Å². The summed E-state index contributed by atoms with van der Waals surface area (Å²) in [6.07, 6.45) is 0. The van der Waals surface area contributed by atoms with Crippen molar-refractivity contribution in [2.24, 2.45) is 0 Å². The van der Waals surface area contributed by atoms with E-state index in [4.69, 9.17) is 8.83 Å². The van der Waals surface area contributed by atoms with E-state index in [1.165, 1.54) is 31.3 Å². The fourth-order valence-corrected chi connectivity index (χ4v) is 10.8. The lowest BCUT2D eigenvalue weighted by atomic mass is 9.61. The highest BCUT2D eigenvalue weighted by molar-refractivity contribution is 7.25. The Morgan fingerprint density at radius 3 is 1.92 bits per heavy atom. The van der Waals surface area contributed by atoms with Crippen molar-refractivity contribution in [3.05, 3.63) is 175 Å². The standard InChI is InChI=1S/C58H46BN2O2S/c1-57(2,3)35-24-27-37(28-25-35)60-45-31-42-39-19-12-15-23-50(39)64-51(42)33-44(45)52-53-47(32-43-38-18-10-13-21-48(38)62-55(43)52)61(54-40-20-11-14-22-49(40)63-56(54)59-53)46-29-26-36(58(4,5)6)30-41(46)34-16-8-7-9-17-34/h7-33,60H,1-6H3. The zero-order chi connectivity index (χ0) is 43.5. The molecule has 1 radical (unpaired) electrons. The molecule has 309 valence electrons. The first-order valence-corrected chi connectivity index (χ1v) is 23.0. The van der Waals surface area contributed by atoms with Gasteiger partial charge in [-0.25, -0.2) is 0 Å². The number of anilines is 5. The van der Waals surface area contributed by atoms with Gasteiger partial charge in [0.1, 0.15) is 16.7 Å². The van der Waals surface area contributed by atoms with Gasteiger partial charge in [-0.2, -0.15) is 0 Å². The van der Waals surface area contributed by atoms with Gasteiger partial charge in [0.15, 0.2) is 0 Å². The van der Waals surface area contributed by atoms with E-state index >= 15 is 0 Å². The smallest absolute Gasteiger partial charge is 0.247 e. The summed E-state index contributed by atoms with van der Waals surface area (Å²) in [6, 6.07) is 59.4. The van der Waals surface area contributed by atoms with Gasteiger partial charge in [0.05, 0.1) is 17.0 Å². The fraction of sp³-hybridized carbons (Fsp3) is 0.138. The number of benzene rings is 8. The van der Waals surface area contributed by atoms with Gasteiger partial charge in [-0.05, 0) is 99.7 Å². The molecule has 6 heteroatoms. The Morgan fingerprint density at radius 2 is 1.17 bits per heavy atom. The van der Waals surface area contributed by atoms with E-state index in [1.54, 1.807) is 0 Å². The monoisotopic (exact) mass is 845 g/mol. The summed E-state index contributed by atoms with van der Waals surface area (Å²) in [4.78, 5) is 2.46. The summed E-state index contributed by atoms with van der Waals surface area (Å²) in [7, 11) is 2.26. The number of rotatable bonds is 5. The molecule has 0 fully saturated rings. The van der Waals surface area contributed by atoms with Crippen molar-refractivity contribution in [1.29, 1.82) is 0 Å². The minimum atomic E-state index is -0.0557. The molecule has 0 unspecified atom stereocenters. The lowest BCUT2D eigenvalue weighted by Crippen LogP contribution is -2.40. The zero-order valence-corrected chi connectivity index (χ0v) is 37.7. The third kappa shape index (κ3) is 6.18. The molecule has 0 bridgehead atoms. The Balaban J connectivity index is 1.20. The van der Waals surface area contributed by atoms with E-state index in [0.717, 1.165) is 94.7 Å². The maximum atomic E-state index is 7.07.